The molecule has 2 aromatic rings. The van der Waals surface area contributed by atoms with Gasteiger partial charge in [-0.2, -0.15) is 0 Å². The van der Waals surface area contributed by atoms with Gasteiger partial charge in [-0.05, 0) is 45.4 Å². The average Bonchev–Trinajstić information content (AvgIpc) is 2.83. The van der Waals surface area contributed by atoms with Gasteiger partial charge in [-0.15, -0.1) is 0 Å². The van der Waals surface area contributed by atoms with Gasteiger partial charge < -0.3 is 24.5 Å². The number of imidazole rings is 1. The van der Waals surface area contributed by atoms with E-state index >= 15 is 0 Å². The number of carbonyl (C=O) groups excluding carboxylic acids is 1. The van der Waals surface area contributed by atoms with Crippen LogP contribution in [0.15, 0.2) is 18.2 Å². The van der Waals surface area contributed by atoms with Crippen molar-refractivity contribution < 1.29 is 24.2 Å². The highest BCUT2D eigenvalue weighted by Crippen LogP contribution is 2.22. The van der Waals surface area contributed by atoms with Crippen LogP contribution in [0.5, 0.6) is 0 Å². The van der Waals surface area contributed by atoms with Crippen LogP contribution in [0.2, 0.25) is 0 Å². The van der Waals surface area contributed by atoms with Crippen LogP contribution in [0, 0.1) is 0 Å². The topological polar surface area (TPSA) is 103 Å². The van der Waals surface area contributed by atoms with Crippen LogP contribution >= 0.6 is 0 Å². The molecule has 0 saturated carbocycles. The Labute approximate surface area is 151 Å². The van der Waals surface area contributed by atoms with Gasteiger partial charge in [0.05, 0.1) is 35.8 Å². The zero-order valence-corrected chi connectivity index (χ0v) is 15.1. The summed E-state index contributed by atoms with van der Waals surface area (Å²) in [5.41, 5.74) is 0.997. The number of rotatable bonds is 5. The summed E-state index contributed by atoms with van der Waals surface area (Å²) in [7, 11) is 0. The van der Waals surface area contributed by atoms with Crippen molar-refractivity contribution >= 4 is 23.1 Å². The minimum absolute atomic E-state index is 0.0705. The molecule has 1 aromatic heterocycles. The van der Waals surface area contributed by atoms with Gasteiger partial charge >= 0.3 is 12.1 Å². The highest BCUT2D eigenvalue weighted by atomic mass is 16.6. The molecule has 1 amide bonds. The minimum Gasteiger partial charge on any atom is -0.478 e. The maximum atomic E-state index is 11.9. The number of alkyl carbamates (subject to hydrolysis) is 1. The van der Waals surface area contributed by atoms with E-state index < -0.39 is 17.7 Å². The molecule has 1 saturated heterocycles. The van der Waals surface area contributed by atoms with E-state index in [9.17, 15) is 14.7 Å². The first-order chi connectivity index (χ1) is 12.2. The molecule has 0 spiro atoms. The third kappa shape index (κ3) is 4.13. The molecule has 2 heterocycles. The second-order valence-corrected chi connectivity index (χ2v) is 7.28. The molecular weight excluding hydrogens is 338 g/mol. The fourth-order valence-corrected chi connectivity index (χ4v) is 2.74. The van der Waals surface area contributed by atoms with Crippen molar-refractivity contribution in [1.29, 1.82) is 0 Å². The number of amides is 1. The Bertz CT molecular complexity index is 833. The van der Waals surface area contributed by atoms with Gasteiger partial charge in [-0.3, -0.25) is 0 Å². The van der Waals surface area contributed by atoms with Crippen molar-refractivity contribution in [3.8, 4) is 0 Å². The van der Waals surface area contributed by atoms with E-state index in [1.54, 1.807) is 32.9 Å². The van der Waals surface area contributed by atoms with Crippen molar-refractivity contribution in [3.05, 3.63) is 29.6 Å². The highest BCUT2D eigenvalue weighted by molar-refractivity contribution is 5.92. The number of ether oxygens (including phenoxy) is 2. The lowest BCUT2D eigenvalue weighted by Gasteiger charge is -2.27. The first kappa shape index (κ1) is 18.2. The summed E-state index contributed by atoms with van der Waals surface area (Å²) >= 11 is 0. The molecule has 0 radical (unpaired) electrons. The minimum atomic E-state index is -0.993. The number of nitrogens with zero attached hydrogens (tertiary/aromatic N) is 2. The van der Waals surface area contributed by atoms with Gasteiger partial charge in [0, 0.05) is 6.61 Å². The lowest BCUT2D eigenvalue weighted by atomic mass is 10.1. The number of carboxylic acid groups (broad SMARTS) is 1. The van der Waals surface area contributed by atoms with Crippen LogP contribution in [-0.4, -0.2) is 45.0 Å². The summed E-state index contributed by atoms with van der Waals surface area (Å²) in [5.74, 6) is -0.364. The van der Waals surface area contributed by atoms with Gasteiger partial charge in [0.15, 0.2) is 0 Å². The molecule has 1 atom stereocenters. The second kappa shape index (κ2) is 6.95. The number of hydrogen-bond acceptors (Lipinski definition) is 5. The van der Waals surface area contributed by atoms with Crippen molar-refractivity contribution in [2.75, 3.05) is 6.61 Å². The van der Waals surface area contributed by atoms with Crippen LogP contribution in [0.25, 0.3) is 11.0 Å². The molecule has 8 nitrogen and oxygen atoms in total. The predicted molar refractivity (Wildman–Crippen MR) is 94.1 cm³/mol. The number of aromatic nitrogens is 2. The van der Waals surface area contributed by atoms with E-state index in [0.29, 0.717) is 23.4 Å². The molecular formula is C18H23N3O5. The predicted octanol–water partition coefficient (Wildman–Crippen LogP) is 2.55. The number of fused-ring (bicyclic) bond motifs is 1. The van der Waals surface area contributed by atoms with E-state index in [-0.39, 0.29) is 18.2 Å². The summed E-state index contributed by atoms with van der Waals surface area (Å²) in [6, 6.07) is 4.79. The van der Waals surface area contributed by atoms with Crippen molar-refractivity contribution in [2.24, 2.45) is 0 Å². The van der Waals surface area contributed by atoms with E-state index in [0.717, 1.165) is 13.0 Å². The Morgan fingerprint density at radius 1 is 1.42 bits per heavy atom. The first-order valence-electron chi connectivity index (χ1n) is 8.54. The standard InChI is InChI=1S/C18H23N3O5/c1-18(2,3)26-17(24)19-9-15-20-13-5-4-11(16(22)23)8-14(13)21(15)10-12-6-7-25-12/h4-5,8,12H,6-7,9-10H2,1-3H3,(H,19,24)(H,22,23). The summed E-state index contributed by atoms with van der Waals surface area (Å²) in [4.78, 5) is 27.7. The molecule has 8 heteroatoms. The number of carbonyl (C=O) groups is 2. The SMILES string of the molecule is CC(C)(C)OC(=O)NCc1nc2ccc(C(=O)O)cc2n1CC1CCO1. The Kier molecular flexibility index (Phi) is 4.86. The number of benzene rings is 1. The maximum Gasteiger partial charge on any atom is 0.408 e. The smallest absolute Gasteiger partial charge is 0.408 e. The van der Waals surface area contributed by atoms with Crippen LogP contribution in [0.4, 0.5) is 4.79 Å². The normalized spacial score (nSPS) is 17.0. The zero-order chi connectivity index (χ0) is 18.9. The summed E-state index contributed by atoms with van der Waals surface area (Å²) in [5, 5.41) is 11.9. The molecule has 1 aliphatic rings. The zero-order valence-electron chi connectivity index (χ0n) is 15.1. The number of carboxylic acids is 1. The fourth-order valence-electron chi connectivity index (χ4n) is 2.74. The van der Waals surface area contributed by atoms with Crippen LogP contribution in [-0.2, 0) is 22.6 Å². The molecule has 3 rings (SSSR count). The lowest BCUT2D eigenvalue weighted by molar-refractivity contribution is -0.0590. The van der Waals surface area contributed by atoms with Crippen LogP contribution in [0.1, 0.15) is 43.4 Å². The summed E-state index contributed by atoms with van der Waals surface area (Å²) in [6.07, 6.45) is 0.486. The molecule has 140 valence electrons. The van der Waals surface area contributed by atoms with Gasteiger partial charge in [-0.1, -0.05) is 0 Å². The third-order valence-corrected chi connectivity index (χ3v) is 4.04. The molecule has 1 unspecified atom stereocenters. The monoisotopic (exact) mass is 361 g/mol. The van der Waals surface area contributed by atoms with Crippen LogP contribution in [0.3, 0.4) is 0 Å². The Balaban J connectivity index is 1.86. The maximum absolute atomic E-state index is 11.9. The summed E-state index contributed by atoms with van der Waals surface area (Å²) in [6.45, 7) is 6.85. The van der Waals surface area contributed by atoms with Gasteiger partial charge in [0.1, 0.15) is 11.4 Å². The first-order valence-corrected chi connectivity index (χ1v) is 8.54. The molecule has 1 aromatic carbocycles. The lowest BCUT2D eigenvalue weighted by Crippen LogP contribution is -2.34. The largest absolute Gasteiger partial charge is 0.478 e. The van der Waals surface area contributed by atoms with Crippen molar-refractivity contribution in [3.63, 3.8) is 0 Å². The Morgan fingerprint density at radius 2 is 2.15 bits per heavy atom. The summed E-state index contributed by atoms with van der Waals surface area (Å²) < 4.78 is 12.7. The molecule has 0 aliphatic carbocycles. The third-order valence-electron chi connectivity index (χ3n) is 4.04. The second-order valence-electron chi connectivity index (χ2n) is 7.28. The quantitative estimate of drug-likeness (QED) is 0.848. The van der Waals surface area contributed by atoms with Crippen LogP contribution < -0.4 is 5.32 Å². The Morgan fingerprint density at radius 3 is 2.73 bits per heavy atom. The molecule has 1 aliphatic heterocycles. The number of nitrogens with one attached hydrogen (secondary N) is 1. The molecule has 0 bridgehead atoms. The molecule has 1 fully saturated rings. The average molecular weight is 361 g/mol. The van der Waals surface area contributed by atoms with E-state index in [1.165, 1.54) is 6.07 Å². The van der Waals surface area contributed by atoms with E-state index in [2.05, 4.69) is 10.3 Å². The van der Waals surface area contributed by atoms with Gasteiger partial charge in [0.2, 0.25) is 0 Å². The van der Waals surface area contributed by atoms with Gasteiger partial charge in [0.25, 0.3) is 0 Å². The fraction of sp³-hybridized carbons (Fsp3) is 0.500. The van der Waals surface area contributed by atoms with Crippen molar-refractivity contribution in [2.45, 2.75) is 52.0 Å². The number of aromatic carboxylic acids is 1. The van der Waals surface area contributed by atoms with Gasteiger partial charge in [-0.25, -0.2) is 14.6 Å². The van der Waals surface area contributed by atoms with Crippen molar-refractivity contribution in [1.82, 2.24) is 14.9 Å². The molecule has 26 heavy (non-hydrogen) atoms. The Hall–Kier alpha value is -2.61. The molecule has 2 N–H and O–H groups in total. The highest BCUT2D eigenvalue weighted by Gasteiger charge is 2.23. The van der Waals surface area contributed by atoms with E-state index in [4.69, 9.17) is 9.47 Å². The van der Waals surface area contributed by atoms with E-state index in [1.807, 2.05) is 4.57 Å². The number of hydrogen-bond donors (Lipinski definition) is 2.